The second kappa shape index (κ2) is 8.27. The van der Waals surface area contributed by atoms with Crippen molar-refractivity contribution >= 4 is 5.97 Å². The van der Waals surface area contributed by atoms with E-state index in [0.29, 0.717) is 35.7 Å². The summed E-state index contributed by atoms with van der Waals surface area (Å²) in [5, 5.41) is 19.5. The number of hydrogen-bond acceptors (Lipinski definition) is 6. The van der Waals surface area contributed by atoms with E-state index >= 15 is 0 Å². The summed E-state index contributed by atoms with van der Waals surface area (Å²) >= 11 is 0. The maximum atomic E-state index is 12.1. The van der Waals surface area contributed by atoms with Crippen molar-refractivity contribution in [2.45, 2.75) is 58.0 Å². The molecule has 0 amide bonds. The van der Waals surface area contributed by atoms with Crippen LogP contribution in [-0.2, 0) is 19.2 Å². The van der Waals surface area contributed by atoms with E-state index in [2.05, 4.69) is 18.0 Å². The first kappa shape index (κ1) is 19.8. The fourth-order valence-corrected chi connectivity index (χ4v) is 3.22. The fourth-order valence-electron chi connectivity index (χ4n) is 3.22. The summed E-state index contributed by atoms with van der Waals surface area (Å²) in [5.74, 6) is -0.508. The van der Waals surface area contributed by atoms with Gasteiger partial charge in [0.15, 0.2) is 0 Å². The maximum absolute atomic E-state index is 12.1. The molecule has 0 unspecified atom stereocenters. The number of carbonyl (C=O) groups is 1. The molecular weight excluding hydrogens is 324 g/mol. The van der Waals surface area contributed by atoms with Gasteiger partial charge in [-0.2, -0.15) is 0 Å². The Hall–Kier alpha value is -1.47. The minimum absolute atomic E-state index is 0.168. The van der Waals surface area contributed by atoms with Crippen LogP contribution in [0, 0.1) is 11.8 Å². The van der Waals surface area contributed by atoms with Crippen LogP contribution in [0.15, 0.2) is 36.0 Å². The second-order valence-corrected chi connectivity index (χ2v) is 7.31. The Balaban J connectivity index is 2.39. The van der Waals surface area contributed by atoms with Crippen LogP contribution in [0.2, 0.25) is 0 Å². The Labute approximate surface area is 148 Å². The number of hydrogen-bond donors (Lipinski definition) is 2. The highest BCUT2D eigenvalue weighted by molar-refractivity contribution is 5.91. The Morgan fingerprint density at radius 3 is 2.68 bits per heavy atom. The van der Waals surface area contributed by atoms with Crippen molar-refractivity contribution in [1.82, 2.24) is 0 Å². The average Bonchev–Trinajstić information content (AvgIpc) is 2.82. The van der Waals surface area contributed by atoms with E-state index < -0.39 is 24.3 Å². The largest absolute Gasteiger partial charge is 0.454 e. The zero-order chi connectivity index (χ0) is 18.7. The molecule has 2 aliphatic rings. The summed E-state index contributed by atoms with van der Waals surface area (Å²) in [7, 11) is 0. The van der Waals surface area contributed by atoms with E-state index in [0.717, 1.165) is 0 Å². The predicted octanol–water partition coefficient (Wildman–Crippen LogP) is 2.64. The molecule has 140 valence electrons. The number of aliphatic hydroxyl groups excluding tert-OH is 1. The van der Waals surface area contributed by atoms with Gasteiger partial charge in [-0.25, -0.2) is 9.68 Å². The molecule has 6 heteroatoms. The van der Waals surface area contributed by atoms with E-state index in [-0.39, 0.29) is 18.4 Å². The summed E-state index contributed by atoms with van der Waals surface area (Å²) in [5.41, 5.74) is 1.58. The van der Waals surface area contributed by atoms with Crippen molar-refractivity contribution in [3.63, 3.8) is 0 Å². The molecule has 6 nitrogen and oxygen atoms in total. The Bertz CT molecular complexity index is 564. The molecule has 2 rings (SSSR count). The Morgan fingerprint density at radius 1 is 1.40 bits per heavy atom. The molecular formula is C19H28O6. The van der Waals surface area contributed by atoms with Gasteiger partial charge in [-0.15, -0.1) is 0 Å². The molecule has 0 bridgehead atoms. The SMILES string of the molecule is C=C1C(=O)O[C@@H]2/C=C(\C)[C@H](O)C[C@@H](OO)C(=C)C[C@H](OCC(C)C)[C@@H]12. The van der Waals surface area contributed by atoms with Gasteiger partial charge in [-0.1, -0.05) is 27.0 Å². The predicted molar refractivity (Wildman–Crippen MR) is 92.7 cm³/mol. The summed E-state index contributed by atoms with van der Waals surface area (Å²) in [4.78, 5) is 16.6. The molecule has 0 spiro atoms. The fraction of sp³-hybridized carbons (Fsp3) is 0.632. The zero-order valence-corrected chi connectivity index (χ0v) is 15.1. The second-order valence-electron chi connectivity index (χ2n) is 7.31. The van der Waals surface area contributed by atoms with Gasteiger partial charge < -0.3 is 14.6 Å². The van der Waals surface area contributed by atoms with Gasteiger partial charge in [0.25, 0.3) is 0 Å². The topological polar surface area (TPSA) is 85.2 Å². The highest BCUT2D eigenvalue weighted by atomic mass is 17.1. The Morgan fingerprint density at radius 2 is 2.08 bits per heavy atom. The summed E-state index contributed by atoms with van der Waals surface area (Å²) < 4.78 is 11.5. The van der Waals surface area contributed by atoms with Gasteiger partial charge in [-0.05, 0) is 36.5 Å². The molecule has 0 radical (unpaired) electrons. The van der Waals surface area contributed by atoms with Gasteiger partial charge in [0.05, 0.1) is 18.1 Å². The van der Waals surface area contributed by atoms with Gasteiger partial charge in [0.2, 0.25) is 0 Å². The van der Waals surface area contributed by atoms with Gasteiger partial charge in [0, 0.05) is 18.6 Å². The first-order valence-electron chi connectivity index (χ1n) is 8.60. The van der Waals surface area contributed by atoms with Crippen LogP contribution in [0.25, 0.3) is 0 Å². The maximum Gasteiger partial charge on any atom is 0.334 e. The molecule has 0 aromatic heterocycles. The van der Waals surface area contributed by atoms with Crippen molar-refractivity contribution < 1.29 is 29.5 Å². The van der Waals surface area contributed by atoms with Crippen LogP contribution in [-0.4, -0.2) is 47.4 Å². The molecule has 1 fully saturated rings. The first-order chi connectivity index (χ1) is 11.7. The van der Waals surface area contributed by atoms with E-state index in [1.807, 2.05) is 13.8 Å². The third-order valence-electron chi connectivity index (χ3n) is 4.74. The highest BCUT2D eigenvalue weighted by Gasteiger charge is 2.44. The smallest absolute Gasteiger partial charge is 0.334 e. The van der Waals surface area contributed by atoms with Crippen LogP contribution >= 0.6 is 0 Å². The normalized spacial score (nSPS) is 36.0. The van der Waals surface area contributed by atoms with Crippen molar-refractivity contribution in [1.29, 1.82) is 0 Å². The van der Waals surface area contributed by atoms with Gasteiger partial charge in [0.1, 0.15) is 12.2 Å². The molecule has 25 heavy (non-hydrogen) atoms. The van der Waals surface area contributed by atoms with Crippen LogP contribution in [0.3, 0.4) is 0 Å². The minimum atomic E-state index is -0.838. The molecule has 0 aromatic carbocycles. The lowest BCUT2D eigenvalue weighted by atomic mass is 9.83. The monoisotopic (exact) mass is 352 g/mol. The van der Waals surface area contributed by atoms with Crippen molar-refractivity contribution in [3.8, 4) is 0 Å². The molecule has 1 aliphatic heterocycles. The summed E-state index contributed by atoms with van der Waals surface area (Å²) in [6.45, 7) is 14.2. The van der Waals surface area contributed by atoms with Crippen molar-refractivity contribution in [3.05, 3.63) is 36.0 Å². The van der Waals surface area contributed by atoms with Crippen LogP contribution in [0.4, 0.5) is 0 Å². The van der Waals surface area contributed by atoms with Crippen LogP contribution in [0.5, 0.6) is 0 Å². The van der Waals surface area contributed by atoms with E-state index in [4.69, 9.17) is 9.47 Å². The molecule has 0 aromatic rings. The van der Waals surface area contributed by atoms with Gasteiger partial charge >= 0.3 is 5.97 Å². The quantitative estimate of drug-likeness (QED) is 0.266. The lowest BCUT2D eigenvalue weighted by Gasteiger charge is -2.31. The van der Waals surface area contributed by atoms with Gasteiger partial charge in [-0.3, -0.25) is 5.26 Å². The zero-order valence-electron chi connectivity index (χ0n) is 15.1. The van der Waals surface area contributed by atoms with Crippen molar-refractivity contribution in [2.24, 2.45) is 11.8 Å². The lowest BCUT2D eigenvalue weighted by Crippen LogP contribution is -2.36. The number of carbonyl (C=O) groups excluding carboxylic acids is 1. The summed E-state index contributed by atoms with van der Waals surface area (Å²) in [6.07, 6.45) is -0.196. The summed E-state index contributed by atoms with van der Waals surface area (Å²) in [6, 6.07) is 0. The number of ether oxygens (including phenoxy) is 2. The van der Waals surface area contributed by atoms with E-state index in [9.17, 15) is 15.2 Å². The number of aliphatic hydroxyl groups is 1. The Kier molecular flexibility index (Phi) is 6.57. The number of esters is 1. The number of fused-ring (bicyclic) bond motifs is 1. The molecule has 1 heterocycles. The number of rotatable bonds is 4. The molecule has 1 saturated heterocycles. The van der Waals surface area contributed by atoms with E-state index in [1.165, 1.54) is 0 Å². The molecule has 0 saturated carbocycles. The third-order valence-corrected chi connectivity index (χ3v) is 4.74. The first-order valence-corrected chi connectivity index (χ1v) is 8.60. The molecule has 2 N–H and O–H groups in total. The minimum Gasteiger partial charge on any atom is -0.454 e. The highest BCUT2D eigenvalue weighted by Crippen LogP contribution is 2.37. The molecule has 1 aliphatic carbocycles. The van der Waals surface area contributed by atoms with E-state index in [1.54, 1.807) is 13.0 Å². The van der Waals surface area contributed by atoms with Crippen molar-refractivity contribution in [2.75, 3.05) is 6.61 Å². The van der Waals surface area contributed by atoms with Crippen LogP contribution in [0.1, 0.15) is 33.6 Å². The van der Waals surface area contributed by atoms with Crippen LogP contribution < -0.4 is 0 Å². The average molecular weight is 352 g/mol. The third kappa shape index (κ3) is 4.58. The lowest BCUT2D eigenvalue weighted by molar-refractivity contribution is -0.273. The molecule has 5 atom stereocenters. The standard InChI is InChI=1S/C19H28O6/c1-10(2)9-23-16-7-12(4)15(25-22)8-14(20)11(3)6-17-18(16)13(5)19(21)24-17/h6,10,14-18,20,22H,4-5,7-9H2,1-3H3/b11-6+/t14-,15-,16+,17-,18-/m1/s1.